The molecule has 0 saturated carbocycles. The van der Waals surface area contributed by atoms with Crippen molar-refractivity contribution in [3.05, 3.63) is 54.6 Å². The van der Waals surface area contributed by atoms with Gasteiger partial charge in [0.2, 0.25) is 34.5 Å². The van der Waals surface area contributed by atoms with E-state index in [9.17, 15) is 91.9 Å². The topological polar surface area (TPSA) is 367 Å². The second kappa shape index (κ2) is 12.4. The average molecular weight is 786 g/mol. The minimum Gasteiger partial charge on any atom is -0.504 e. The Morgan fingerprint density at radius 1 is 0.263 bits per heavy atom. The highest BCUT2D eigenvalue weighted by atomic mass is 16.4. The lowest BCUT2D eigenvalue weighted by atomic mass is 9.94. The Kier molecular flexibility index (Phi) is 7.97. The van der Waals surface area contributed by atoms with Crippen LogP contribution in [0.4, 0.5) is 17.1 Å². The first-order valence-corrected chi connectivity index (χ1v) is 15.9. The fraction of sp³-hybridized carbons (Fsp3) is 0. The number of aromatic hydroxyl groups is 18. The first-order chi connectivity index (χ1) is 26.8. The van der Waals surface area contributed by atoms with Crippen molar-refractivity contribution < 1.29 is 91.9 Å². The maximum absolute atomic E-state index is 11.7. The molecule has 0 bridgehead atoms. The van der Waals surface area contributed by atoms with E-state index in [-0.39, 0.29) is 11.1 Å². The molecule has 0 aliphatic carbocycles. The highest BCUT2D eigenvalue weighted by molar-refractivity contribution is 6.16. The molecule has 7 aromatic carbocycles. The summed E-state index contributed by atoms with van der Waals surface area (Å²) in [6, 6.07) is 14.1. The highest BCUT2D eigenvalue weighted by Crippen LogP contribution is 2.68. The Morgan fingerprint density at radius 2 is 0.526 bits per heavy atom. The van der Waals surface area contributed by atoms with Gasteiger partial charge >= 0.3 is 0 Å². The van der Waals surface area contributed by atoms with Crippen LogP contribution in [-0.2, 0) is 0 Å². The Balaban J connectivity index is 1.66. The lowest BCUT2D eigenvalue weighted by molar-refractivity contribution is 0.329. The molecule has 7 aromatic rings. The normalized spacial score (nSPS) is 11.4. The molecule has 18 N–H and O–H groups in total. The molecular weight excluding hydrogens is 758 g/mol. The van der Waals surface area contributed by atoms with Gasteiger partial charge in [-0.2, -0.15) is 0 Å². The van der Waals surface area contributed by atoms with Gasteiger partial charge in [0.15, 0.2) is 69.0 Å². The van der Waals surface area contributed by atoms with E-state index < -0.39 is 137 Å². The van der Waals surface area contributed by atoms with Crippen LogP contribution in [0.1, 0.15) is 0 Å². The molecule has 19 heteroatoms. The van der Waals surface area contributed by atoms with Crippen LogP contribution in [0.15, 0.2) is 54.6 Å². The van der Waals surface area contributed by atoms with Crippen LogP contribution < -0.4 is 4.90 Å². The Hall–Kier alpha value is -8.74. The van der Waals surface area contributed by atoms with Crippen LogP contribution in [0.2, 0.25) is 0 Å². The standard InChI is InChI=1S/C38H27NO18/c40-21-15(17-25(44)33(52)37(56)34(53)26(17)45)22(41)30(49)19(29(21)48)39(14-9-10-5-1-2-6-11(10)12-7-3-4-8-13(12)14)20-31(50)23(42)16(24(43)32(20)51)18-27(46)35(54)38(57)36(55)28(18)47/h1-9,40-57H. The lowest BCUT2D eigenvalue weighted by Crippen LogP contribution is -2.13. The molecule has 0 heterocycles. The van der Waals surface area contributed by atoms with Gasteiger partial charge in [-0.25, -0.2) is 0 Å². The van der Waals surface area contributed by atoms with Gasteiger partial charge in [0.1, 0.15) is 11.4 Å². The number of benzene rings is 7. The fourth-order valence-electron chi connectivity index (χ4n) is 6.68. The molecule has 0 fully saturated rings. The molecule has 0 atom stereocenters. The van der Waals surface area contributed by atoms with Crippen molar-refractivity contribution in [2.24, 2.45) is 0 Å². The van der Waals surface area contributed by atoms with E-state index in [0.29, 0.717) is 21.1 Å². The van der Waals surface area contributed by atoms with Gasteiger partial charge in [-0.3, -0.25) is 4.90 Å². The number of anilines is 3. The second-order valence-electron chi connectivity index (χ2n) is 12.5. The molecule has 0 saturated heterocycles. The molecule has 0 spiro atoms. The molecule has 7 rings (SSSR count). The number of rotatable bonds is 5. The summed E-state index contributed by atoms with van der Waals surface area (Å²) in [5, 5.41) is 197. The summed E-state index contributed by atoms with van der Waals surface area (Å²) < 4.78 is 0. The fourth-order valence-corrected chi connectivity index (χ4v) is 6.68. The molecule has 0 amide bonds. The van der Waals surface area contributed by atoms with Crippen LogP contribution in [0.3, 0.4) is 0 Å². The smallest absolute Gasteiger partial charge is 0.208 e. The SMILES string of the molecule is Oc1c(O)c(O)c(-c2c(O)c(O)c(N(c3c(O)c(O)c(-c4c(O)c(O)c(O)c(O)c4O)c(O)c3O)c3cc4ccccc4c4ccccc34)c(O)c2O)c(O)c1O. The number of hydrogen-bond donors (Lipinski definition) is 18. The molecular formula is C38H27NO18. The van der Waals surface area contributed by atoms with Crippen LogP contribution in [0.25, 0.3) is 43.8 Å². The third-order valence-corrected chi connectivity index (χ3v) is 9.42. The number of nitrogens with zero attached hydrogens (tertiary/aromatic N) is 1. The summed E-state index contributed by atoms with van der Waals surface area (Å²) in [4.78, 5) is 0.507. The quantitative estimate of drug-likeness (QED) is 0.0581. The van der Waals surface area contributed by atoms with Gasteiger partial charge in [-0.05, 0) is 22.2 Å². The van der Waals surface area contributed by atoms with Gasteiger partial charge in [-0.1, -0.05) is 48.5 Å². The van der Waals surface area contributed by atoms with E-state index >= 15 is 0 Å². The van der Waals surface area contributed by atoms with Crippen molar-refractivity contribution in [1.82, 2.24) is 0 Å². The number of fused-ring (bicyclic) bond motifs is 3. The van der Waals surface area contributed by atoms with E-state index in [1.54, 1.807) is 36.4 Å². The van der Waals surface area contributed by atoms with Crippen LogP contribution in [0.5, 0.6) is 103 Å². The summed E-state index contributed by atoms with van der Waals surface area (Å²) in [5.41, 5.74) is -7.71. The monoisotopic (exact) mass is 785 g/mol. The van der Waals surface area contributed by atoms with Crippen molar-refractivity contribution in [2.45, 2.75) is 0 Å². The predicted molar refractivity (Wildman–Crippen MR) is 197 cm³/mol. The number of hydrogen-bond acceptors (Lipinski definition) is 19. The molecule has 0 aliphatic rings. The first kappa shape index (κ1) is 36.6. The minimum absolute atomic E-state index is 0.146. The third-order valence-electron chi connectivity index (χ3n) is 9.42. The van der Waals surface area contributed by atoms with Gasteiger partial charge in [0.05, 0.1) is 27.9 Å². The maximum Gasteiger partial charge on any atom is 0.208 e. The lowest BCUT2D eigenvalue weighted by Gasteiger charge is -2.31. The average Bonchev–Trinajstić information content (AvgIpc) is 3.20. The summed E-state index contributed by atoms with van der Waals surface area (Å²) in [5.74, 6) is -27.2. The Labute approximate surface area is 315 Å². The second-order valence-corrected chi connectivity index (χ2v) is 12.5. The van der Waals surface area contributed by atoms with Crippen LogP contribution >= 0.6 is 0 Å². The summed E-state index contributed by atoms with van der Waals surface area (Å²) in [7, 11) is 0. The Bertz CT molecular complexity index is 2650. The zero-order valence-electron chi connectivity index (χ0n) is 28.2. The summed E-state index contributed by atoms with van der Waals surface area (Å²) >= 11 is 0. The maximum atomic E-state index is 11.7. The molecule has 19 nitrogen and oxygen atoms in total. The van der Waals surface area contributed by atoms with E-state index in [0.717, 1.165) is 0 Å². The Morgan fingerprint density at radius 3 is 0.877 bits per heavy atom. The van der Waals surface area contributed by atoms with Crippen LogP contribution in [0, 0.1) is 0 Å². The minimum atomic E-state index is -1.56. The van der Waals surface area contributed by atoms with Crippen LogP contribution in [-0.4, -0.2) is 91.9 Å². The summed E-state index contributed by atoms with van der Waals surface area (Å²) in [6.45, 7) is 0. The van der Waals surface area contributed by atoms with Gasteiger partial charge in [0, 0.05) is 5.39 Å². The third kappa shape index (κ3) is 4.85. The van der Waals surface area contributed by atoms with Crippen molar-refractivity contribution >= 4 is 38.6 Å². The summed E-state index contributed by atoms with van der Waals surface area (Å²) in [6.07, 6.45) is 0. The van der Waals surface area contributed by atoms with Crippen molar-refractivity contribution in [2.75, 3.05) is 4.90 Å². The first-order valence-electron chi connectivity index (χ1n) is 15.9. The number of phenolic OH excluding ortho intramolecular Hbond substituents is 18. The van der Waals surface area contributed by atoms with E-state index in [1.807, 2.05) is 0 Å². The molecule has 292 valence electrons. The van der Waals surface area contributed by atoms with Crippen molar-refractivity contribution in [1.29, 1.82) is 0 Å². The largest absolute Gasteiger partial charge is 0.504 e. The van der Waals surface area contributed by atoms with Crippen molar-refractivity contribution in [3.63, 3.8) is 0 Å². The molecule has 0 aliphatic heterocycles. The predicted octanol–water partition coefficient (Wildman–Crippen LogP) is 5.50. The van der Waals surface area contributed by atoms with E-state index in [4.69, 9.17) is 0 Å². The zero-order valence-corrected chi connectivity index (χ0v) is 28.2. The zero-order chi connectivity index (χ0) is 41.7. The number of phenols is 18. The van der Waals surface area contributed by atoms with Gasteiger partial charge in [-0.15, -0.1) is 0 Å². The highest BCUT2D eigenvalue weighted by Gasteiger charge is 2.39. The molecule has 0 aromatic heterocycles. The van der Waals surface area contributed by atoms with Gasteiger partial charge < -0.3 is 91.9 Å². The molecule has 0 radical (unpaired) electrons. The molecule has 57 heavy (non-hydrogen) atoms. The van der Waals surface area contributed by atoms with E-state index in [1.165, 1.54) is 18.2 Å². The van der Waals surface area contributed by atoms with E-state index in [2.05, 4.69) is 0 Å². The molecule has 0 unspecified atom stereocenters. The van der Waals surface area contributed by atoms with Gasteiger partial charge in [0.25, 0.3) is 0 Å². The van der Waals surface area contributed by atoms with Crippen molar-refractivity contribution in [3.8, 4) is 126 Å².